The highest BCUT2D eigenvalue weighted by atomic mass is 32.1. The van der Waals surface area contributed by atoms with Gasteiger partial charge in [-0.05, 0) is 40.4 Å². The van der Waals surface area contributed by atoms with Gasteiger partial charge >= 0.3 is 18.0 Å². The van der Waals surface area contributed by atoms with Crippen molar-refractivity contribution in [1.82, 2.24) is 10.2 Å². The summed E-state index contributed by atoms with van der Waals surface area (Å²) in [4.78, 5) is 0.485. The SMILES string of the molecule is FC(F)(F)C(F)(c1nnc(-c2cc3ccccc3s2)c2cc3ccccc3cc12)C(F)(F)F. The fraction of sp³-hybridized carbons (Fsp3) is 0.130. The second-order valence-corrected chi connectivity index (χ2v) is 8.53. The van der Waals surface area contributed by atoms with Crippen LogP contribution in [-0.4, -0.2) is 22.5 Å². The molecule has 10 heteroatoms. The van der Waals surface area contributed by atoms with Crippen molar-refractivity contribution >= 4 is 43.0 Å². The van der Waals surface area contributed by atoms with Crippen LogP contribution < -0.4 is 0 Å². The second kappa shape index (κ2) is 7.11. The van der Waals surface area contributed by atoms with E-state index < -0.39 is 29.1 Å². The molecule has 0 radical (unpaired) electrons. The quantitative estimate of drug-likeness (QED) is 0.189. The third-order valence-electron chi connectivity index (χ3n) is 5.41. The van der Waals surface area contributed by atoms with Gasteiger partial charge in [-0.2, -0.15) is 31.4 Å². The molecule has 0 aliphatic rings. The monoisotopic (exact) mass is 480 g/mol. The van der Waals surface area contributed by atoms with Crippen molar-refractivity contribution in [3.8, 4) is 10.6 Å². The fourth-order valence-electron chi connectivity index (χ4n) is 3.80. The number of aromatic nitrogens is 2. The molecular formula is C23H11F7N2S. The van der Waals surface area contributed by atoms with Gasteiger partial charge in [0.25, 0.3) is 0 Å². The van der Waals surface area contributed by atoms with Gasteiger partial charge in [0.15, 0.2) is 0 Å². The molecule has 0 fully saturated rings. The fourth-order valence-corrected chi connectivity index (χ4v) is 4.87. The molecule has 0 saturated heterocycles. The minimum atomic E-state index is -6.29. The third kappa shape index (κ3) is 3.23. The van der Waals surface area contributed by atoms with Crippen molar-refractivity contribution in [1.29, 1.82) is 0 Å². The molecule has 2 aromatic heterocycles. The number of halogens is 7. The Bertz CT molecular complexity index is 1470. The molecular weight excluding hydrogens is 469 g/mol. The van der Waals surface area contributed by atoms with Crippen molar-refractivity contribution < 1.29 is 30.7 Å². The van der Waals surface area contributed by atoms with E-state index in [0.717, 1.165) is 16.2 Å². The highest BCUT2D eigenvalue weighted by molar-refractivity contribution is 7.22. The average Bonchev–Trinajstić information content (AvgIpc) is 3.19. The predicted octanol–water partition coefficient (Wildman–Crippen LogP) is 7.95. The van der Waals surface area contributed by atoms with Crippen LogP contribution in [0, 0.1) is 0 Å². The Kier molecular flexibility index (Phi) is 4.65. The molecule has 168 valence electrons. The number of benzene rings is 3. The molecule has 0 saturated carbocycles. The lowest BCUT2D eigenvalue weighted by Gasteiger charge is -2.30. The van der Waals surface area contributed by atoms with Crippen LogP contribution in [0.2, 0.25) is 0 Å². The lowest BCUT2D eigenvalue weighted by Crippen LogP contribution is -2.51. The summed E-state index contributed by atoms with van der Waals surface area (Å²) in [6.07, 6.45) is -12.6. The van der Waals surface area contributed by atoms with Gasteiger partial charge in [-0.1, -0.05) is 42.5 Å². The maximum Gasteiger partial charge on any atom is 0.437 e. The van der Waals surface area contributed by atoms with Crippen molar-refractivity contribution in [2.75, 3.05) is 0 Å². The van der Waals surface area contributed by atoms with Crippen LogP contribution in [0.25, 0.3) is 42.2 Å². The van der Waals surface area contributed by atoms with E-state index in [2.05, 4.69) is 10.2 Å². The van der Waals surface area contributed by atoms with E-state index >= 15 is 4.39 Å². The largest absolute Gasteiger partial charge is 0.437 e. The van der Waals surface area contributed by atoms with Crippen molar-refractivity contribution in [2.24, 2.45) is 0 Å². The van der Waals surface area contributed by atoms with Crippen LogP contribution in [-0.2, 0) is 5.67 Å². The number of alkyl halides is 7. The number of hydrogen-bond acceptors (Lipinski definition) is 3. The Labute approximate surface area is 185 Å². The van der Waals surface area contributed by atoms with Crippen LogP contribution in [0.15, 0.2) is 66.7 Å². The first-order valence-electron chi connectivity index (χ1n) is 9.52. The molecule has 0 unspecified atom stereocenters. The zero-order chi connectivity index (χ0) is 23.6. The van der Waals surface area contributed by atoms with E-state index in [1.807, 2.05) is 12.1 Å². The van der Waals surface area contributed by atoms with E-state index in [1.165, 1.54) is 23.5 Å². The normalized spacial score (nSPS) is 13.3. The second-order valence-electron chi connectivity index (χ2n) is 7.44. The number of thiophene rings is 1. The molecule has 2 nitrogen and oxygen atoms in total. The van der Waals surface area contributed by atoms with Crippen LogP contribution in [0.3, 0.4) is 0 Å². The Hall–Kier alpha value is -3.27. The molecule has 2 heterocycles. The van der Waals surface area contributed by atoms with Gasteiger partial charge in [0.1, 0.15) is 11.4 Å². The minimum Gasteiger partial charge on any atom is -0.216 e. The van der Waals surface area contributed by atoms with Crippen molar-refractivity contribution in [3.63, 3.8) is 0 Å². The summed E-state index contributed by atoms with van der Waals surface area (Å²) < 4.78 is 97.0. The number of rotatable bonds is 2. The topological polar surface area (TPSA) is 25.8 Å². The van der Waals surface area contributed by atoms with E-state index in [1.54, 1.807) is 36.4 Å². The molecule has 33 heavy (non-hydrogen) atoms. The predicted molar refractivity (Wildman–Crippen MR) is 113 cm³/mol. The Balaban J connectivity index is 1.90. The van der Waals surface area contributed by atoms with Crippen molar-refractivity contribution in [3.05, 3.63) is 72.4 Å². The van der Waals surface area contributed by atoms with Crippen LogP contribution >= 0.6 is 11.3 Å². The van der Waals surface area contributed by atoms with Gasteiger partial charge in [0.05, 0.1) is 4.88 Å². The van der Waals surface area contributed by atoms with Gasteiger partial charge in [0, 0.05) is 15.5 Å². The van der Waals surface area contributed by atoms with Gasteiger partial charge in [0.2, 0.25) is 0 Å². The molecule has 3 aromatic carbocycles. The van der Waals surface area contributed by atoms with Gasteiger partial charge < -0.3 is 0 Å². The summed E-state index contributed by atoms with van der Waals surface area (Å²) in [5.41, 5.74) is -7.44. The maximum absolute atomic E-state index is 15.0. The van der Waals surface area contributed by atoms with E-state index in [-0.39, 0.29) is 11.1 Å². The first-order chi connectivity index (χ1) is 15.5. The first kappa shape index (κ1) is 21.6. The van der Waals surface area contributed by atoms with Crippen LogP contribution in [0.5, 0.6) is 0 Å². The summed E-state index contributed by atoms with van der Waals surface area (Å²) in [6, 6.07) is 17.9. The lowest BCUT2D eigenvalue weighted by molar-refractivity contribution is -0.349. The Morgan fingerprint density at radius 3 is 1.73 bits per heavy atom. The molecule has 5 rings (SSSR count). The minimum absolute atomic E-state index is 0.0548. The van der Waals surface area contributed by atoms with E-state index in [4.69, 9.17) is 0 Å². The number of hydrogen-bond donors (Lipinski definition) is 0. The molecule has 5 aromatic rings. The van der Waals surface area contributed by atoms with Gasteiger partial charge in [-0.25, -0.2) is 4.39 Å². The molecule has 0 aliphatic heterocycles. The molecule has 0 atom stereocenters. The molecule has 0 amide bonds. The highest BCUT2D eigenvalue weighted by Gasteiger charge is 2.75. The molecule has 0 bridgehead atoms. The highest BCUT2D eigenvalue weighted by Crippen LogP contribution is 2.54. The summed E-state index contributed by atoms with van der Waals surface area (Å²) >= 11 is 1.25. The molecule has 0 aliphatic carbocycles. The lowest BCUT2D eigenvalue weighted by atomic mass is 9.92. The molecule has 0 spiro atoms. The van der Waals surface area contributed by atoms with Crippen molar-refractivity contribution in [2.45, 2.75) is 18.0 Å². The van der Waals surface area contributed by atoms with Gasteiger partial charge in [-0.3, -0.25) is 0 Å². The smallest absolute Gasteiger partial charge is 0.216 e. The molecule has 0 N–H and O–H groups in total. The zero-order valence-electron chi connectivity index (χ0n) is 16.3. The zero-order valence-corrected chi connectivity index (χ0v) is 17.1. The maximum atomic E-state index is 15.0. The number of fused-ring (bicyclic) bond motifs is 3. The van der Waals surface area contributed by atoms with E-state index in [9.17, 15) is 26.3 Å². The first-order valence-corrected chi connectivity index (χ1v) is 10.3. The summed E-state index contributed by atoms with van der Waals surface area (Å²) in [5.74, 6) is 0. The third-order valence-corrected chi connectivity index (χ3v) is 6.54. The van der Waals surface area contributed by atoms with E-state index in [0.29, 0.717) is 15.6 Å². The summed E-state index contributed by atoms with van der Waals surface area (Å²) in [7, 11) is 0. The Morgan fingerprint density at radius 2 is 1.15 bits per heavy atom. The Morgan fingerprint density at radius 1 is 0.606 bits per heavy atom. The summed E-state index contributed by atoms with van der Waals surface area (Å²) in [6.45, 7) is 0. The van der Waals surface area contributed by atoms with Gasteiger partial charge in [-0.15, -0.1) is 16.4 Å². The number of nitrogens with zero attached hydrogens (tertiary/aromatic N) is 2. The standard InChI is InChI=1S/C23H11F7N2S/c24-21(22(25,26)27,23(28,29)30)20-16-10-13-6-2-1-5-12(13)9-15(16)19(31-32-20)18-11-14-7-3-4-8-17(14)33-18/h1-11H. The summed E-state index contributed by atoms with van der Waals surface area (Å²) in [5, 5.41) is 7.96. The van der Waals surface area contributed by atoms with Crippen LogP contribution in [0.1, 0.15) is 5.69 Å². The average molecular weight is 480 g/mol. The van der Waals surface area contributed by atoms with Crippen LogP contribution in [0.4, 0.5) is 30.7 Å².